The molecule has 4 heteroatoms. The fourth-order valence-corrected chi connectivity index (χ4v) is 0. The summed E-state index contributed by atoms with van der Waals surface area (Å²) in [5.41, 5.74) is 0. The number of rotatable bonds is 0. The van der Waals surface area contributed by atoms with Crippen molar-refractivity contribution in [2.24, 2.45) is 0 Å². The molecule has 0 radical (unpaired) electrons. The van der Waals surface area contributed by atoms with Crippen molar-refractivity contribution in [3.8, 4) is 0 Å². The second-order valence-corrected chi connectivity index (χ2v) is 0. The van der Waals surface area contributed by atoms with Gasteiger partial charge < -0.3 is 5.48 Å². The standard InChI is InChI=1S/Ag.Cd.2O/q;+2;;-2. The molecule has 0 heterocycles. The van der Waals surface area contributed by atoms with Crippen molar-refractivity contribution in [1.29, 1.82) is 0 Å². The summed E-state index contributed by atoms with van der Waals surface area (Å²) in [6, 6.07) is 0. The van der Waals surface area contributed by atoms with Crippen LogP contribution in [0.3, 0.4) is 0 Å². The quantitative estimate of drug-likeness (QED) is 0.549. The van der Waals surface area contributed by atoms with Crippen molar-refractivity contribution in [3.63, 3.8) is 0 Å². The first-order valence-corrected chi connectivity index (χ1v) is 0.728. The van der Waals surface area contributed by atoms with Crippen LogP contribution in [0, 0.1) is 0 Å². The van der Waals surface area contributed by atoms with E-state index >= 15 is 0 Å². The number of hydrogen-bond donors (Lipinski definition) is 0. The SMILES string of the molecule is [Cd+2].[O-2].[O]=[Ag]. The Morgan fingerprint density at radius 1 is 1.25 bits per heavy atom. The van der Waals surface area contributed by atoms with Gasteiger partial charge in [-0.25, -0.2) is 0 Å². The molecule has 0 unspecified atom stereocenters. The molecule has 0 aromatic carbocycles. The second kappa shape index (κ2) is 25.6. The summed E-state index contributed by atoms with van der Waals surface area (Å²) in [5, 5.41) is 0. The first kappa shape index (κ1) is 18.1. The summed E-state index contributed by atoms with van der Waals surface area (Å²) in [4.78, 5) is 0. The molecule has 0 rings (SSSR count). The summed E-state index contributed by atoms with van der Waals surface area (Å²) in [5.74, 6) is 0. The molecule has 0 saturated heterocycles. The van der Waals surface area contributed by atoms with Gasteiger partial charge in [0.05, 0.1) is 0 Å². The third-order valence-corrected chi connectivity index (χ3v) is 0. The molecule has 0 spiro atoms. The van der Waals surface area contributed by atoms with Crippen LogP contribution in [0.5, 0.6) is 0 Å². The molecular formula is AgCdO2. The molecule has 0 bridgehead atoms. The van der Waals surface area contributed by atoms with Gasteiger partial charge in [-0.2, -0.15) is 0 Å². The van der Waals surface area contributed by atoms with E-state index in [1.165, 1.54) is 0 Å². The third-order valence-electron chi connectivity index (χ3n) is 0. The van der Waals surface area contributed by atoms with Gasteiger partial charge in [-0.15, -0.1) is 0 Å². The van der Waals surface area contributed by atoms with Crippen LogP contribution in [0.4, 0.5) is 0 Å². The van der Waals surface area contributed by atoms with Crippen molar-refractivity contribution >= 4 is 0 Å². The fraction of sp³-hybridized carbons (Fsp3) is 0. The van der Waals surface area contributed by atoms with E-state index in [1.54, 1.807) is 21.0 Å². The van der Waals surface area contributed by atoms with Gasteiger partial charge >= 0.3 is 51.6 Å². The molecule has 0 atom stereocenters. The van der Waals surface area contributed by atoms with Crippen molar-refractivity contribution in [2.45, 2.75) is 0 Å². The maximum atomic E-state index is 8.06. The van der Waals surface area contributed by atoms with Gasteiger partial charge in [0.1, 0.15) is 0 Å². The van der Waals surface area contributed by atoms with Crippen LogP contribution in [0.15, 0.2) is 0 Å². The van der Waals surface area contributed by atoms with E-state index in [0.29, 0.717) is 0 Å². The molecule has 0 N–H and O–H groups in total. The Morgan fingerprint density at radius 3 is 1.25 bits per heavy atom. The molecule has 0 aliphatic rings. The number of hydrogen-bond acceptors (Lipinski definition) is 1. The predicted octanol–water partition coefficient (Wildman–Crippen LogP) is -0.243. The summed E-state index contributed by atoms with van der Waals surface area (Å²) < 4.78 is 8.06. The van der Waals surface area contributed by atoms with E-state index in [0.717, 1.165) is 0 Å². The van der Waals surface area contributed by atoms with E-state index in [4.69, 9.17) is 3.25 Å². The van der Waals surface area contributed by atoms with E-state index in [1.807, 2.05) is 0 Å². The molecule has 0 aromatic heterocycles. The normalized spacial score (nSPS) is 1.50. The van der Waals surface area contributed by atoms with Crippen LogP contribution in [0.2, 0.25) is 0 Å². The van der Waals surface area contributed by atoms with Gasteiger partial charge in [0.15, 0.2) is 0 Å². The molecule has 0 aliphatic carbocycles. The molecule has 0 amide bonds. The maximum absolute atomic E-state index is 8.06. The monoisotopic (exact) mass is 253 g/mol. The minimum absolute atomic E-state index is 0. The van der Waals surface area contributed by atoms with Crippen LogP contribution in [-0.2, 0) is 57.1 Å². The van der Waals surface area contributed by atoms with E-state index in [2.05, 4.69) is 0 Å². The average molecular weight is 252 g/mol. The van der Waals surface area contributed by atoms with Crippen molar-refractivity contribution in [2.75, 3.05) is 0 Å². The Bertz CT molecular complexity index is 6.00. The minimum atomic E-state index is 0. The van der Waals surface area contributed by atoms with Crippen molar-refractivity contribution < 1.29 is 57.1 Å². The van der Waals surface area contributed by atoms with Gasteiger partial charge in [0.25, 0.3) is 0 Å². The van der Waals surface area contributed by atoms with Gasteiger partial charge in [-0.1, -0.05) is 0 Å². The van der Waals surface area contributed by atoms with E-state index in [9.17, 15) is 0 Å². The summed E-state index contributed by atoms with van der Waals surface area (Å²) >= 11 is 1.70. The summed E-state index contributed by atoms with van der Waals surface area (Å²) in [6.07, 6.45) is 0. The third kappa shape index (κ3) is 9.93. The van der Waals surface area contributed by atoms with Gasteiger partial charge in [-0.05, 0) is 0 Å². The zero-order valence-electron chi connectivity index (χ0n) is 1.83. The van der Waals surface area contributed by atoms with Crippen LogP contribution in [0.1, 0.15) is 0 Å². The van der Waals surface area contributed by atoms with Gasteiger partial charge in [-0.3, -0.25) is 0 Å². The molecule has 2 nitrogen and oxygen atoms in total. The average Bonchev–Trinajstić information content (AvgIpc) is 1.00. The Hall–Kier alpha value is 1.42. The summed E-state index contributed by atoms with van der Waals surface area (Å²) in [7, 11) is 0. The van der Waals surface area contributed by atoms with Crippen molar-refractivity contribution in [1.82, 2.24) is 0 Å². The zero-order chi connectivity index (χ0) is 2.00. The first-order chi connectivity index (χ1) is 1.00. The Labute approximate surface area is 56.7 Å². The van der Waals surface area contributed by atoms with Gasteiger partial charge in [0.2, 0.25) is 0 Å². The Morgan fingerprint density at radius 2 is 1.25 bits per heavy atom. The molecule has 25 valence electrons. The zero-order valence-corrected chi connectivity index (χ0v) is 7.34. The molecule has 0 aliphatic heterocycles. The molecule has 0 aromatic rings. The van der Waals surface area contributed by atoms with Crippen LogP contribution >= 0.6 is 0 Å². The second-order valence-electron chi connectivity index (χ2n) is 0. The fourth-order valence-electron chi connectivity index (χ4n) is 0. The molecule has 0 fully saturated rings. The Balaban J connectivity index is -0.00000000500. The van der Waals surface area contributed by atoms with E-state index in [-0.39, 0.29) is 32.8 Å². The van der Waals surface area contributed by atoms with Crippen LogP contribution in [0.25, 0.3) is 0 Å². The predicted molar refractivity (Wildman–Crippen MR) is 1.37 cm³/mol. The van der Waals surface area contributed by atoms with Gasteiger partial charge in [0, 0.05) is 0 Å². The topological polar surface area (TPSA) is 45.6 Å². The summed E-state index contributed by atoms with van der Waals surface area (Å²) in [6.45, 7) is 0. The van der Waals surface area contributed by atoms with E-state index < -0.39 is 0 Å². The molecule has 0 saturated carbocycles. The molecule has 4 heavy (non-hydrogen) atoms. The van der Waals surface area contributed by atoms with Crippen LogP contribution in [-0.4, -0.2) is 0 Å². The Kier molecular flexibility index (Phi) is 116. The molecular weight excluding hydrogens is 252 g/mol. The van der Waals surface area contributed by atoms with Crippen LogP contribution < -0.4 is 0 Å². The first-order valence-electron chi connectivity index (χ1n) is 0.123. The van der Waals surface area contributed by atoms with Crippen molar-refractivity contribution in [3.05, 3.63) is 0 Å².